The third kappa shape index (κ3) is 2.48. The summed E-state index contributed by atoms with van der Waals surface area (Å²) in [5.41, 5.74) is 0.938. The molecule has 2 amide bonds. The molecule has 0 saturated carbocycles. The Morgan fingerprint density at radius 2 is 2.22 bits per heavy atom. The van der Waals surface area contributed by atoms with Crippen LogP contribution in [-0.4, -0.2) is 18.4 Å². The van der Waals surface area contributed by atoms with E-state index in [1.54, 1.807) is 19.1 Å². The number of nitrogens with one attached hydrogen (secondary N) is 2. The molecule has 2 rings (SSSR count). The van der Waals surface area contributed by atoms with Crippen molar-refractivity contribution in [2.45, 2.75) is 20.3 Å². The molecule has 1 heterocycles. The Hall–Kier alpha value is -1.55. The van der Waals surface area contributed by atoms with E-state index in [1.165, 1.54) is 0 Å². The molecule has 5 heteroatoms. The number of halogens is 1. The molecular weight excluding hydrogens is 252 g/mol. The number of benzene rings is 1. The van der Waals surface area contributed by atoms with Crippen molar-refractivity contribution in [3.05, 3.63) is 28.8 Å². The standard InChI is InChI=1S/C13H15ClN2O2/c1-8-3-4-9(14)5-10(8)16-12(18)13(2)6-11(17)15-7-13/h3-5H,6-7H2,1-2H3,(H,15,17)(H,16,18). The Labute approximate surface area is 111 Å². The molecule has 4 nitrogen and oxygen atoms in total. The Kier molecular flexibility index (Phi) is 3.30. The van der Waals surface area contributed by atoms with E-state index in [-0.39, 0.29) is 18.2 Å². The summed E-state index contributed by atoms with van der Waals surface area (Å²) in [4.78, 5) is 23.4. The summed E-state index contributed by atoms with van der Waals surface area (Å²) in [5, 5.41) is 6.09. The van der Waals surface area contributed by atoms with Crippen molar-refractivity contribution in [3.63, 3.8) is 0 Å². The second-order valence-corrected chi connectivity index (χ2v) is 5.36. The van der Waals surface area contributed by atoms with Gasteiger partial charge in [-0.2, -0.15) is 0 Å². The van der Waals surface area contributed by atoms with Crippen LogP contribution in [0.1, 0.15) is 18.9 Å². The molecule has 1 aromatic rings. The van der Waals surface area contributed by atoms with Gasteiger partial charge in [0.25, 0.3) is 0 Å². The van der Waals surface area contributed by atoms with Crippen LogP contribution in [0.2, 0.25) is 5.02 Å². The van der Waals surface area contributed by atoms with Gasteiger partial charge in [0.05, 0.1) is 5.41 Å². The van der Waals surface area contributed by atoms with Crippen LogP contribution in [0.15, 0.2) is 18.2 Å². The van der Waals surface area contributed by atoms with Crippen molar-refractivity contribution in [2.24, 2.45) is 5.41 Å². The van der Waals surface area contributed by atoms with E-state index in [0.29, 0.717) is 17.3 Å². The van der Waals surface area contributed by atoms with Crippen molar-refractivity contribution in [3.8, 4) is 0 Å². The van der Waals surface area contributed by atoms with Crippen LogP contribution in [0, 0.1) is 12.3 Å². The highest BCUT2D eigenvalue weighted by atomic mass is 35.5. The normalized spacial score (nSPS) is 22.7. The predicted octanol–water partition coefficient (Wildman–Crippen LogP) is 2.11. The second-order valence-electron chi connectivity index (χ2n) is 4.93. The van der Waals surface area contributed by atoms with Crippen LogP contribution in [0.25, 0.3) is 0 Å². The first-order valence-electron chi connectivity index (χ1n) is 5.75. The van der Waals surface area contributed by atoms with Crippen molar-refractivity contribution >= 4 is 29.1 Å². The minimum absolute atomic E-state index is 0.0875. The van der Waals surface area contributed by atoms with Gasteiger partial charge >= 0.3 is 0 Å². The zero-order valence-corrected chi connectivity index (χ0v) is 11.1. The maximum absolute atomic E-state index is 12.2. The van der Waals surface area contributed by atoms with Crippen LogP contribution < -0.4 is 10.6 Å². The van der Waals surface area contributed by atoms with Gasteiger partial charge in [-0.05, 0) is 31.5 Å². The van der Waals surface area contributed by atoms with Gasteiger partial charge in [0, 0.05) is 23.7 Å². The van der Waals surface area contributed by atoms with Gasteiger partial charge in [-0.25, -0.2) is 0 Å². The number of carbonyl (C=O) groups is 2. The summed E-state index contributed by atoms with van der Waals surface area (Å²) >= 11 is 5.90. The molecule has 1 fully saturated rings. The Morgan fingerprint density at radius 1 is 1.50 bits per heavy atom. The van der Waals surface area contributed by atoms with Crippen molar-refractivity contribution in [1.82, 2.24) is 5.32 Å². The fourth-order valence-corrected chi connectivity index (χ4v) is 2.11. The lowest BCUT2D eigenvalue weighted by Crippen LogP contribution is -2.35. The summed E-state index contributed by atoms with van der Waals surface area (Å²) in [6.45, 7) is 4.05. The Bertz CT molecular complexity index is 516. The molecule has 1 aliphatic heterocycles. The number of amides is 2. The van der Waals surface area contributed by atoms with Gasteiger partial charge in [0.2, 0.25) is 11.8 Å². The molecule has 0 bridgehead atoms. The number of hydrogen-bond acceptors (Lipinski definition) is 2. The van der Waals surface area contributed by atoms with E-state index in [2.05, 4.69) is 10.6 Å². The topological polar surface area (TPSA) is 58.2 Å². The maximum Gasteiger partial charge on any atom is 0.232 e. The van der Waals surface area contributed by atoms with Crippen LogP contribution in [0.5, 0.6) is 0 Å². The second kappa shape index (κ2) is 4.61. The Balaban J connectivity index is 2.16. The molecule has 18 heavy (non-hydrogen) atoms. The summed E-state index contributed by atoms with van der Waals surface area (Å²) < 4.78 is 0. The molecule has 0 radical (unpaired) electrons. The molecule has 1 saturated heterocycles. The number of hydrogen-bond donors (Lipinski definition) is 2. The smallest absolute Gasteiger partial charge is 0.232 e. The third-order valence-electron chi connectivity index (χ3n) is 3.22. The lowest BCUT2D eigenvalue weighted by molar-refractivity contribution is -0.126. The van der Waals surface area contributed by atoms with Gasteiger partial charge in [0.15, 0.2) is 0 Å². The maximum atomic E-state index is 12.2. The summed E-state index contributed by atoms with van der Waals surface area (Å²) in [6.07, 6.45) is 0.221. The van der Waals surface area contributed by atoms with E-state index in [4.69, 9.17) is 11.6 Å². The molecule has 96 valence electrons. The third-order valence-corrected chi connectivity index (χ3v) is 3.46. The summed E-state index contributed by atoms with van der Waals surface area (Å²) in [7, 11) is 0. The minimum atomic E-state index is -0.689. The predicted molar refractivity (Wildman–Crippen MR) is 70.6 cm³/mol. The number of rotatable bonds is 2. The van der Waals surface area contributed by atoms with Crippen molar-refractivity contribution in [2.75, 3.05) is 11.9 Å². The van der Waals surface area contributed by atoms with Gasteiger partial charge in [0.1, 0.15) is 0 Å². The first kappa shape index (κ1) is 12.9. The van der Waals surface area contributed by atoms with Gasteiger partial charge in [-0.3, -0.25) is 9.59 Å². The Morgan fingerprint density at radius 3 is 2.83 bits per heavy atom. The number of carbonyl (C=O) groups excluding carboxylic acids is 2. The summed E-state index contributed by atoms with van der Waals surface area (Å²) in [6, 6.07) is 5.33. The average molecular weight is 267 g/mol. The minimum Gasteiger partial charge on any atom is -0.355 e. The van der Waals surface area contributed by atoms with E-state index in [0.717, 1.165) is 5.56 Å². The molecule has 1 aliphatic rings. The highest BCUT2D eigenvalue weighted by Gasteiger charge is 2.40. The van der Waals surface area contributed by atoms with Gasteiger partial charge in [-0.1, -0.05) is 17.7 Å². The summed E-state index contributed by atoms with van der Waals surface area (Å²) in [5.74, 6) is -0.248. The quantitative estimate of drug-likeness (QED) is 0.861. The fraction of sp³-hybridized carbons (Fsp3) is 0.385. The van der Waals surface area contributed by atoms with Crippen LogP contribution in [0.3, 0.4) is 0 Å². The molecular formula is C13H15ClN2O2. The lowest BCUT2D eigenvalue weighted by atomic mass is 9.88. The average Bonchev–Trinajstić information content (AvgIpc) is 2.65. The molecule has 1 unspecified atom stereocenters. The molecule has 0 aromatic heterocycles. The first-order chi connectivity index (χ1) is 8.40. The van der Waals surface area contributed by atoms with E-state index < -0.39 is 5.41 Å². The van der Waals surface area contributed by atoms with Crippen molar-refractivity contribution in [1.29, 1.82) is 0 Å². The van der Waals surface area contributed by atoms with Crippen molar-refractivity contribution < 1.29 is 9.59 Å². The fourth-order valence-electron chi connectivity index (χ4n) is 1.94. The zero-order valence-electron chi connectivity index (χ0n) is 10.3. The molecule has 1 atom stereocenters. The monoisotopic (exact) mass is 266 g/mol. The van der Waals surface area contributed by atoms with Gasteiger partial charge < -0.3 is 10.6 Å². The first-order valence-corrected chi connectivity index (χ1v) is 6.13. The largest absolute Gasteiger partial charge is 0.355 e. The molecule has 0 aliphatic carbocycles. The zero-order chi connectivity index (χ0) is 13.3. The van der Waals surface area contributed by atoms with Crippen LogP contribution >= 0.6 is 11.6 Å². The van der Waals surface area contributed by atoms with E-state index in [1.807, 2.05) is 13.0 Å². The molecule has 0 spiro atoms. The van der Waals surface area contributed by atoms with E-state index >= 15 is 0 Å². The molecule has 2 N–H and O–H groups in total. The van der Waals surface area contributed by atoms with Crippen LogP contribution in [0.4, 0.5) is 5.69 Å². The SMILES string of the molecule is Cc1ccc(Cl)cc1NC(=O)C1(C)CNC(=O)C1. The molecule has 1 aromatic carbocycles. The highest BCUT2D eigenvalue weighted by molar-refractivity contribution is 6.31. The van der Waals surface area contributed by atoms with Gasteiger partial charge in [-0.15, -0.1) is 0 Å². The number of anilines is 1. The van der Waals surface area contributed by atoms with Crippen LogP contribution in [-0.2, 0) is 9.59 Å². The lowest BCUT2D eigenvalue weighted by Gasteiger charge is -2.21. The highest BCUT2D eigenvalue weighted by Crippen LogP contribution is 2.28. The number of aryl methyl sites for hydroxylation is 1. The van der Waals surface area contributed by atoms with E-state index in [9.17, 15) is 9.59 Å².